The van der Waals surface area contributed by atoms with Crippen LogP contribution in [0.15, 0.2) is 54.6 Å². The first-order valence-electron chi connectivity index (χ1n) is 7.73. The Bertz CT molecular complexity index is 700. The molecule has 120 valence electrons. The maximum atomic E-state index is 13.7. The van der Waals surface area contributed by atoms with Gasteiger partial charge in [0.05, 0.1) is 6.10 Å². The topological polar surface area (TPSA) is 23.5 Å². The van der Waals surface area contributed by atoms with Crippen molar-refractivity contribution in [3.05, 3.63) is 77.4 Å². The van der Waals surface area contributed by atoms with Crippen molar-refractivity contribution in [1.29, 1.82) is 0 Å². The van der Waals surface area contributed by atoms with Gasteiger partial charge in [-0.25, -0.2) is 8.78 Å². The molecule has 1 heterocycles. The number of rotatable bonds is 4. The lowest BCUT2D eigenvalue weighted by Crippen LogP contribution is -2.32. The van der Waals surface area contributed by atoms with Crippen molar-refractivity contribution in [1.82, 2.24) is 4.90 Å². The summed E-state index contributed by atoms with van der Waals surface area (Å²) in [4.78, 5) is 2.04. The largest absolute Gasteiger partial charge is 0.387 e. The first-order valence-corrected chi connectivity index (χ1v) is 7.73. The molecular weight excluding hydrogens is 296 g/mol. The number of aliphatic hydroxyl groups is 1. The molecule has 4 heteroatoms. The Morgan fingerprint density at radius 2 is 1.87 bits per heavy atom. The molecule has 0 fully saturated rings. The summed E-state index contributed by atoms with van der Waals surface area (Å²) >= 11 is 0. The molecule has 1 N–H and O–H groups in total. The van der Waals surface area contributed by atoms with Crippen LogP contribution in [0.25, 0.3) is 5.57 Å². The predicted molar refractivity (Wildman–Crippen MR) is 86.8 cm³/mol. The van der Waals surface area contributed by atoms with Gasteiger partial charge in [-0.2, -0.15) is 0 Å². The Kier molecular flexibility index (Phi) is 4.84. The van der Waals surface area contributed by atoms with Crippen LogP contribution in [0, 0.1) is 11.6 Å². The summed E-state index contributed by atoms with van der Waals surface area (Å²) in [7, 11) is 0. The fourth-order valence-corrected chi connectivity index (χ4v) is 2.90. The minimum atomic E-state index is -1.03. The summed E-state index contributed by atoms with van der Waals surface area (Å²) in [5.41, 5.74) is 2.51. The van der Waals surface area contributed by atoms with Gasteiger partial charge in [0.1, 0.15) is 11.6 Å². The van der Waals surface area contributed by atoms with Crippen LogP contribution in [0.3, 0.4) is 0 Å². The van der Waals surface area contributed by atoms with Gasteiger partial charge >= 0.3 is 0 Å². The van der Waals surface area contributed by atoms with Crippen LogP contribution >= 0.6 is 0 Å². The highest BCUT2D eigenvalue weighted by Gasteiger charge is 2.19. The van der Waals surface area contributed by atoms with Crippen molar-refractivity contribution in [2.24, 2.45) is 0 Å². The minimum absolute atomic E-state index is 0.0165. The van der Waals surface area contributed by atoms with Gasteiger partial charge in [0.2, 0.25) is 0 Å². The number of hydrogen-bond acceptors (Lipinski definition) is 2. The summed E-state index contributed by atoms with van der Waals surface area (Å²) < 4.78 is 26.9. The van der Waals surface area contributed by atoms with Gasteiger partial charge in [0, 0.05) is 25.2 Å². The smallest absolute Gasteiger partial charge is 0.129 e. The third-order valence-electron chi connectivity index (χ3n) is 4.19. The lowest BCUT2D eigenvalue weighted by atomic mass is 9.99. The van der Waals surface area contributed by atoms with Crippen molar-refractivity contribution in [3.8, 4) is 0 Å². The summed E-state index contributed by atoms with van der Waals surface area (Å²) in [5, 5.41) is 10.2. The maximum Gasteiger partial charge on any atom is 0.129 e. The van der Waals surface area contributed by atoms with Crippen molar-refractivity contribution in [3.63, 3.8) is 0 Å². The average Bonchev–Trinajstić information content (AvgIpc) is 2.58. The Labute approximate surface area is 134 Å². The average molecular weight is 315 g/mol. The number of benzene rings is 2. The van der Waals surface area contributed by atoms with Crippen LogP contribution in [0.4, 0.5) is 8.78 Å². The lowest BCUT2D eigenvalue weighted by Gasteiger charge is -2.28. The minimum Gasteiger partial charge on any atom is -0.387 e. The maximum absolute atomic E-state index is 13.7. The number of nitrogens with zero attached hydrogens (tertiary/aromatic N) is 1. The summed E-state index contributed by atoms with van der Waals surface area (Å²) in [6, 6.07) is 13.4. The second-order valence-corrected chi connectivity index (χ2v) is 5.79. The zero-order valence-corrected chi connectivity index (χ0v) is 12.8. The molecule has 2 nitrogen and oxygen atoms in total. The van der Waals surface area contributed by atoms with E-state index in [-0.39, 0.29) is 5.56 Å². The monoisotopic (exact) mass is 315 g/mol. The summed E-state index contributed by atoms with van der Waals surface area (Å²) in [5.74, 6) is -1.11. The van der Waals surface area contributed by atoms with Gasteiger partial charge in [-0.15, -0.1) is 0 Å². The van der Waals surface area contributed by atoms with E-state index in [9.17, 15) is 13.9 Å². The predicted octanol–water partition coefficient (Wildman–Crippen LogP) is 3.79. The molecule has 0 aliphatic carbocycles. The molecule has 1 atom stereocenters. The molecule has 0 aromatic heterocycles. The number of hydrogen-bond donors (Lipinski definition) is 1. The molecular formula is C19H19F2NO. The second-order valence-electron chi connectivity index (χ2n) is 5.79. The standard InChI is InChI=1S/C19H19F2NO/c20-16-6-7-18(21)17(12-16)19(23)13-22-10-8-15(9-11-22)14-4-2-1-3-5-14/h1-8,12,19,23H,9-11,13H2/t19-/m0/s1. The van der Waals surface area contributed by atoms with Gasteiger partial charge in [-0.05, 0) is 35.8 Å². The molecule has 0 saturated heterocycles. The molecule has 0 amide bonds. The quantitative estimate of drug-likeness (QED) is 0.928. The zero-order chi connectivity index (χ0) is 16.2. The molecule has 1 aliphatic rings. The third kappa shape index (κ3) is 3.84. The van der Waals surface area contributed by atoms with E-state index in [1.807, 2.05) is 23.1 Å². The zero-order valence-electron chi connectivity index (χ0n) is 12.8. The number of aliphatic hydroxyl groups excluding tert-OH is 1. The van der Waals surface area contributed by atoms with Crippen molar-refractivity contribution < 1.29 is 13.9 Å². The van der Waals surface area contributed by atoms with Gasteiger partial charge in [0.15, 0.2) is 0 Å². The van der Waals surface area contributed by atoms with Crippen LogP contribution in [0.5, 0.6) is 0 Å². The Morgan fingerprint density at radius 3 is 2.57 bits per heavy atom. The van der Waals surface area contributed by atoms with Crippen molar-refractivity contribution in [2.45, 2.75) is 12.5 Å². The molecule has 2 aromatic rings. The van der Waals surface area contributed by atoms with Gasteiger partial charge in [0.25, 0.3) is 0 Å². The molecule has 2 aromatic carbocycles. The highest BCUT2D eigenvalue weighted by molar-refractivity contribution is 5.66. The van der Waals surface area contributed by atoms with Crippen LogP contribution in [-0.2, 0) is 0 Å². The van der Waals surface area contributed by atoms with Crippen molar-refractivity contribution >= 4 is 5.57 Å². The lowest BCUT2D eigenvalue weighted by molar-refractivity contribution is 0.115. The van der Waals surface area contributed by atoms with Crippen LogP contribution in [0.2, 0.25) is 0 Å². The number of β-amino-alcohol motifs (C(OH)–C–C–N with tert-alkyl or cyclic N) is 1. The van der Waals surface area contributed by atoms with Crippen LogP contribution in [-0.4, -0.2) is 29.6 Å². The van der Waals surface area contributed by atoms with E-state index in [2.05, 4.69) is 18.2 Å². The molecule has 1 aliphatic heterocycles. The van der Waals surface area contributed by atoms with E-state index in [4.69, 9.17) is 0 Å². The third-order valence-corrected chi connectivity index (χ3v) is 4.19. The van der Waals surface area contributed by atoms with E-state index in [0.717, 1.165) is 31.2 Å². The van der Waals surface area contributed by atoms with E-state index >= 15 is 0 Å². The number of halogens is 2. The van der Waals surface area contributed by atoms with Gasteiger partial charge in [-0.3, -0.25) is 4.90 Å². The molecule has 0 spiro atoms. The Hall–Kier alpha value is -2.04. The Morgan fingerprint density at radius 1 is 1.09 bits per heavy atom. The second kappa shape index (κ2) is 7.02. The van der Waals surface area contributed by atoms with Crippen LogP contribution < -0.4 is 0 Å². The fourth-order valence-electron chi connectivity index (χ4n) is 2.90. The molecule has 0 unspecified atom stereocenters. The first kappa shape index (κ1) is 15.8. The highest BCUT2D eigenvalue weighted by Crippen LogP contribution is 2.24. The van der Waals surface area contributed by atoms with E-state index in [0.29, 0.717) is 13.1 Å². The summed E-state index contributed by atoms with van der Waals surface area (Å²) in [6.07, 6.45) is 1.98. The molecule has 0 bridgehead atoms. The SMILES string of the molecule is O[C@@H](CN1CC=C(c2ccccc2)CC1)c1cc(F)ccc1F. The molecule has 0 saturated carbocycles. The first-order chi connectivity index (χ1) is 11.1. The van der Waals surface area contributed by atoms with Gasteiger partial charge < -0.3 is 5.11 Å². The van der Waals surface area contributed by atoms with E-state index in [1.54, 1.807) is 0 Å². The van der Waals surface area contributed by atoms with Crippen LogP contribution in [0.1, 0.15) is 23.7 Å². The highest BCUT2D eigenvalue weighted by atomic mass is 19.1. The van der Waals surface area contributed by atoms with Gasteiger partial charge in [-0.1, -0.05) is 36.4 Å². The normalized spacial score (nSPS) is 16.9. The fraction of sp³-hybridized carbons (Fsp3) is 0.263. The van der Waals surface area contributed by atoms with Crippen molar-refractivity contribution in [2.75, 3.05) is 19.6 Å². The van der Waals surface area contributed by atoms with E-state index in [1.165, 1.54) is 11.1 Å². The summed E-state index contributed by atoms with van der Waals surface area (Å²) in [6.45, 7) is 1.77. The Balaban J connectivity index is 1.64. The molecule has 3 rings (SSSR count). The molecule has 23 heavy (non-hydrogen) atoms. The van der Waals surface area contributed by atoms with E-state index < -0.39 is 17.7 Å². The molecule has 0 radical (unpaired) electrons.